The number of nitrogens with zero attached hydrogens (tertiary/aromatic N) is 2. The molecule has 10 heteroatoms. The number of β-amino-alcohol motifs (C(OH)–C–C–N with tert-alkyl or cyclic N) is 1. The third kappa shape index (κ3) is 7.44. The average molecular weight is 494 g/mol. The van der Waals surface area contributed by atoms with Crippen molar-refractivity contribution >= 4 is 11.8 Å². The summed E-state index contributed by atoms with van der Waals surface area (Å²) in [6, 6.07) is 5.10. The Bertz CT molecular complexity index is 835. The highest BCUT2D eigenvalue weighted by molar-refractivity contribution is 5.94. The molecule has 3 aliphatic rings. The molecule has 3 aliphatic heterocycles. The first-order valence-electron chi connectivity index (χ1n) is 12.5. The summed E-state index contributed by atoms with van der Waals surface area (Å²) >= 11 is 0. The minimum Gasteiger partial charge on any atom is -0.389 e. The van der Waals surface area contributed by atoms with Crippen LogP contribution < -0.4 is 5.32 Å². The lowest BCUT2D eigenvalue weighted by Gasteiger charge is -2.44. The van der Waals surface area contributed by atoms with Gasteiger partial charge in [-0.15, -0.1) is 0 Å². The Labute approximate surface area is 205 Å². The van der Waals surface area contributed by atoms with Gasteiger partial charge in [0.25, 0.3) is 5.91 Å². The number of morpholine rings is 1. The van der Waals surface area contributed by atoms with Gasteiger partial charge in [-0.2, -0.15) is 0 Å². The number of nitrogens with one attached hydrogen (secondary N) is 1. The largest absolute Gasteiger partial charge is 0.389 e. The van der Waals surface area contributed by atoms with Crippen molar-refractivity contribution in [2.24, 2.45) is 0 Å². The Hall–Kier alpha value is -2.11. The highest BCUT2D eigenvalue weighted by atomic mass is 19.1. The quantitative estimate of drug-likeness (QED) is 0.542. The molecule has 3 saturated heterocycles. The smallest absolute Gasteiger partial charge is 0.254 e. The molecule has 0 aliphatic carbocycles. The first kappa shape index (κ1) is 26.0. The van der Waals surface area contributed by atoms with E-state index in [9.17, 15) is 19.1 Å². The molecule has 4 atom stereocenters. The van der Waals surface area contributed by atoms with Gasteiger partial charge in [0.2, 0.25) is 5.91 Å². The number of aliphatic hydroxyl groups excluding tert-OH is 1. The van der Waals surface area contributed by atoms with Crippen molar-refractivity contribution < 1.29 is 33.3 Å². The molecule has 2 amide bonds. The summed E-state index contributed by atoms with van der Waals surface area (Å²) in [5.74, 6) is -0.735. The maximum Gasteiger partial charge on any atom is 0.254 e. The molecular formula is C25H36FN3O6. The Morgan fingerprint density at radius 2 is 1.86 bits per heavy atom. The van der Waals surface area contributed by atoms with Crippen LogP contribution in [-0.4, -0.2) is 110 Å². The van der Waals surface area contributed by atoms with E-state index in [1.807, 2.05) is 0 Å². The number of amides is 2. The molecule has 35 heavy (non-hydrogen) atoms. The maximum atomic E-state index is 13.3. The number of halogens is 1. The van der Waals surface area contributed by atoms with E-state index >= 15 is 0 Å². The van der Waals surface area contributed by atoms with Crippen LogP contribution in [0, 0.1) is 5.82 Å². The molecule has 0 spiro atoms. The van der Waals surface area contributed by atoms with Gasteiger partial charge in [0.15, 0.2) is 0 Å². The summed E-state index contributed by atoms with van der Waals surface area (Å²) < 4.78 is 30.5. The van der Waals surface area contributed by atoms with Crippen molar-refractivity contribution in [2.45, 2.75) is 50.0 Å². The van der Waals surface area contributed by atoms with E-state index in [1.54, 1.807) is 4.90 Å². The monoisotopic (exact) mass is 493 g/mol. The first-order chi connectivity index (χ1) is 17.0. The van der Waals surface area contributed by atoms with Crippen LogP contribution >= 0.6 is 0 Å². The van der Waals surface area contributed by atoms with Crippen molar-refractivity contribution in [1.82, 2.24) is 15.1 Å². The molecule has 0 bridgehead atoms. The topological polar surface area (TPSA) is 101 Å². The van der Waals surface area contributed by atoms with Gasteiger partial charge in [-0.05, 0) is 50.1 Å². The standard InChI is InChI=1S/C25H36FN3O6/c26-19-4-2-18(3-5-19)25(32)29-15-20(30)16-34-17-23-22(29)7-6-21(35-23)14-24(31)27-8-1-9-28-10-12-33-13-11-28/h2-5,20-23,30H,1,6-17H2,(H,27,31)/t20-,21-,22+,23-/m0/s1. The number of hydrogen-bond donors (Lipinski definition) is 2. The third-order valence-electron chi connectivity index (χ3n) is 6.82. The van der Waals surface area contributed by atoms with E-state index in [0.717, 1.165) is 39.3 Å². The minimum atomic E-state index is -0.818. The zero-order valence-electron chi connectivity index (χ0n) is 20.1. The van der Waals surface area contributed by atoms with Gasteiger partial charge in [0.05, 0.1) is 51.1 Å². The van der Waals surface area contributed by atoms with Gasteiger partial charge >= 0.3 is 0 Å². The van der Waals surface area contributed by atoms with Crippen molar-refractivity contribution in [3.05, 3.63) is 35.6 Å². The molecule has 4 rings (SSSR count). The predicted octanol–water partition coefficient (Wildman–Crippen LogP) is 0.804. The van der Waals surface area contributed by atoms with Crippen molar-refractivity contribution in [2.75, 3.05) is 59.2 Å². The zero-order chi connectivity index (χ0) is 24.6. The molecule has 0 unspecified atom stereocenters. The second kappa shape index (κ2) is 12.7. The lowest BCUT2D eigenvalue weighted by molar-refractivity contribution is -0.150. The second-order valence-electron chi connectivity index (χ2n) is 9.46. The molecule has 194 valence electrons. The Morgan fingerprint density at radius 1 is 1.09 bits per heavy atom. The number of carbonyl (C=O) groups is 2. The maximum absolute atomic E-state index is 13.3. The van der Waals surface area contributed by atoms with E-state index in [-0.39, 0.29) is 50.1 Å². The molecular weight excluding hydrogens is 457 g/mol. The van der Waals surface area contributed by atoms with Crippen LogP contribution in [0.2, 0.25) is 0 Å². The minimum absolute atomic E-state index is 0.0446. The Kier molecular flexibility index (Phi) is 9.45. The summed E-state index contributed by atoms with van der Waals surface area (Å²) in [5.41, 5.74) is 0.359. The molecule has 0 radical (unpaired) electrons. The van der Waals surface area contributed by atoms with Crippen LogP contribution in [0.5, 0.6) is 0 Å². The number of carbonyl (C=O) groups excluding carboxylic acids is 2. The van der Waals surface area contributed by atoms with Gasteiger partial charge in [-0.1, -0.05) is 0 Å². The van der Waals surface area contributed by atoms with Crippen LogP contribution in [0.15, 0.2) is 24.3 Å². The molecule has 9 nitrogen and oxygen atoms in total. The summed E-state index contributed by atoms with van der Waals surface area (Å²) in [7, 11) is 0. The summed E-state index contributed by atoms with van der Waals surface area (Å²) in [5, 5.41) is 13.3. The van der Waals surface area contributed by atoms with Crippen molar-refractivity contribution in [1.29, 1.82) is 0 Å². The van der Waals surface area contributed by atoms with Crippen LogP contribution in [0.4, 0.5) is 4.39 Å². The molecule has 2 N–H and O–H groups in total. The van der Waals surface area contributed by atoms with E-state index in [0.29, 0.717) is 24.9 Å². The molecule has 3 fully saturated rings. The number of ether oxygens (including phenoxy) is 3. The molecule has 0 aromatic heterocycles. The molecule has 1 aromatic rings. The molecule has 1 aromatic carbocycles. The zero-order valence-corrected chi connectivity index (χ0v) is 20.1. The number of hydrogen-bond acceptors (Lipinski definition) is 7. The first-order valence-corrected chi connectivity index (χ1v) is 12.5. The average Bonchev–Trinajstić information content (AvgIpc) is 2.85. The summed E-state index contributed by atoms with van der Waals surface area (Å²) in [4.78, 5) is 29.7. The summed E-state index contributed by atoms with van der Waals surface area (Å²) in [6.45, 7) is 5.39. The lowest BCUT2D eigenvalue weighted by atomic mass is 9.94. The van der Waals surface area contributed by atoms with Crippen LogP contribution in [0.3, 0.4) is 0 Å². The highest BCUT2D eigenvalue weighted by Crippen LogP contribution is 2.28. The molecule has 3 heterocycles. The Balaban J connectivity index is 1.28. The normalized spacial score (nSPS) is 28.0. The van der Waals surface area contributed by atoms with E-state index in [2.05, 4.69) is 10.2 Å². The van der Waals surface area contributed by atoms with Gasteiger partial charge in [0, 0.05) is 31.7 Å². The van der Waals surface area contributed by atoms with Gasteiger partial charge in [-0.3, -0.25) is 14.5 Å². The van der Waals surface area contributed by atoms with E-state index < -0.39 is 18.0 Å². The summed E-state index contributed by atoms with van der Waals surface area (Å²) in [6.07, 6.45) is 0.912. The van der Waals surface area contributed by atoms with Crippen molar-refractivity contribution in [3.63, 3.8) is 0 Å². The Morgan fingerprint density at radius 3 is 2.63 bits per heavy atom. The van der Waals surface area contributed by atoms with Crippen molar-refractivity contribution in [3.8, 4) is 0 Å². The predicted molar refractivity (Wildman–Crippen MR) is 125 cm³/mol. The van der Waals surface area contributed by atoms with E-state index in [4.69, 9.17) is 14.2 Å². The number of rotatable bonds is 7. The van der Waals surface area contributed by atoms with Gasteiger partial charge in [-0.25, -0.2) is 4.39 Å². The van der Waals surface area contributed by atoms with E-state index in [1.165, 1.54) is 24.3 Å². The fourth-order valence-corrected chi connectivity index (χ4v) is 4.97. The second-order valence-corrected chi connectivity index (χ2v) is 9.46. The number of aliphatic hydroxyl groups is 1. The number of fused-ring (bicyclic) bond motifs is 1. The lowest BCUT2D eigenvalue weighted by Crippen LogP contribution is -2.57. The van der Waals surface area contributed by atoms with Gasteiger partial charge in [0.1, 0.15) is 11.9 Å². The van der Waals surface area contributed by atoms with Crippen LogP contribution in [0.25, 0.3) is 0 Å². The molecule has 0 saturated carbocycles. The fourth-order valence-electron chi connectivity index (χ4n) is 4.97. The van der Waals surface area contributed by atoms with Crippen LogP contribution in [-0.2, 0) is 19.0 Å². The van der Waals surface area contributed by atoms with Crippen LogP contribution in [0.1, 0.15) is 36.0 Å². The third-order valence-corrected chi connectivity index (χ3v) is 6.82. The SMILES string of the molecule is O=C(C[C@@H]1CC[C@@H]2[C@H](COC[C@@H](O)CN2C(=O)c2ccc(F)cc2)O1)NCCCN1CCOCC1. The number of benzene rings is 1. The highest BCUT2D eigenvalue weighted by Gasteiger charge is 2.40. The van der Waals surface area contributed by atoms with Gasteiger partial charge < -0.3 is 29.5 Å². The fraction of sp³-hybridized carbons (Fsp3) is 0.680.